The number of amides is 1. The molecule has 1 atom stereocenters. The van der Waals surface area contributed by atoms with Gasteiger partial charge in [-0.1, -0.05) is 17.7 Å². The lowest BCUT2D eigenvalue weighted by Gasteiger charge is -2.21. The van der Waals surface area contributed by atoms with E-state index >= 15 is 0 Å². The van der Waals surface area contributed by atoms with Crippen LogP contribution in [0.5, 0.6) is 0 Å². The first-order valence-electron chi connectivity index (χ1n) is 4.52. The Hall–Kier alpha value is -1.20. The third-order valence-corrected chi connectivity index (χ3v) is 3.04. The number of thiocarbonyl (C=S) groups is 1. The van der Waals surface area contributed by atoms with Crippen LogP contribution in [-0.2, 0) is 10.3 Å². The minimum Gasteiger partial charge on any atom is -0.345 e. The zero-order valence-corrected chi connectivity index (χ0v) is 9.88. The van der Waals surface area contributed by atoms with Crippen molar-refractivity contribution in [1.29, 1.82) is 0 Å². The number of benzene rings is 1. The van der Waals surface area contributed by atoms with Crippen LogP contribution in [0.15, 0.2) is 18.2 Å². The zero-order chi connectivity index (χ0) is 11.9. The fourth-order valence-corrected chi connectivity index (χ4v) is 2.03. The summed E-state index contributed by atoms with van der Waals surface area (Å²) < 4.78 is 13.0. The summed E-state index contributed by atoms with van der Waals surface area (Å²) in [5, 5.41) is 5.55. The van der Waals surface area contributed by atoms with Crippen molar-refractivity contribution in [2.75, 3.05) is 0 Å². The second-order valence-electron chi connectivity index (χ2n) is 3.66. The van der Waals surface area contributed by atoms with Crippen LogP contribution in [0, 0.1) is 5.82 Å². The molecule has 0 radical (unpaired) electrons. The fourth-order valence-electron chi connectivity index (χ4n) is 1.55. The first-order chi connectivity index (χ1) is 7.43. The molecule has 1 heterocycles. The van der Waals surface area contributed by atoms with Crippen molar-refractivity contribution in [2.45, 2.75) is 12.5 Å². The summed E-state index contributed by atoms with van der Waals surface area (Å²) in [6, 6.07) is 4.14. The van der Waals surface area contributed by atoms with Crippen LogP contribution in [0.25, 0.3) is 0 Å². The molecule has 84 valence electrons. The minimum atomic E-state index is -0.992. The first kappa shape index (κ1) is 11.3. The monoisotopic (exact) mass is 258 g/mol. The standard InChI is InChI=1S/C10H8ClFN2OS/c1-10(8(15)13-9(16)14-10)5-2-3-7(12)6(11)4-5/h2-4H,1H3,(H2,13,14,15,16). The summed E-state index contributed by atoms with van der Waals surface area (Å²) in [5.41, 5.74) is -0.426. The van der Waals surface area contributed by atoms with Gasteiger partial charge in [0.2, 0.25) is 0 Å². The van der Waals surface area contributed by atoms with Crippen LogP contribution in [0.1, 0.15) is 12.5 Å². The molecule has 1 aliphatic rings. The highest BCUT2D eigenvalue weighted by molar-refractivity contribution is 7.80. The Kier molecular flexibility index (Phi) is 2.59. The van der Waals surface area contributed by atoms with Gasteiger partial charge in [0.05, 0.1) is 5.02 Å². The molecule has 6 heteroatoms. The van der Waals surface area contributed by atoms with E-state index in [1.807, 2.05) is 0 Å². The number of carbonyl (C=O) groups excluding carboxylic acids is 1. The average molecular weight is 259 g/mol. The van der Waals surface area contributed by atoms with Gasteiger partial charge in [0.1, 0.15) is 11.4 Å². The first-order valence-corrected chi connectivity index (χ1v) is 5.31. The summed E-state index contributed by atoms with van der Waals surface area (Å²) in [4.78, 5) is 11.7. The lowest BCUT2D eigenvalue weighted by Crippen LogP contribution is -2.40. The Morgan fingerprint density at radius 3 is 2.69 bits per heavy atom. The van der Waals surface area contributed by atoms with Gasteiger partial charge in [0.15, 0.2) is 5.11 Å². The van der Waals surface area contributed by atoms with Crippen LogP contribution in [0.4, 0.5) is 4.39 Å². The van der Waals surface area contributed by atoms with Crippen molar-refractivity contribution in [3.05, 3.63) is 34.6 Å². The minimum absolute atomic E-state index is 0.0221. The molecule has 0 spiro atoms. The molecule has 1 fully saturated rings. The van der Waals surface area contributed by atoms with E-state index < -0.39 is 11.4 Å². The largest absolute Gasteiger partial charge is 0.345 e. The highest BCUT2D eigenvalue weighted by Gasteiger charge is 2.41. The van der Waals surface area contributed by atoms with Crippen molar-refractivity contribution < 1.29 is 9.18 Å². The van der Waals surface area contributed by atoms with E-state index in [1.54, 1.807) is 6.92 Å². The predicted molar refractivity (Wildman–Crippen MR) is 62.6 cm³/mol. The van der Waals surface area contributed by atoms with Gasteiger partial charge in [-0.15, -0.1) is 0 Å². The highest BCUT2D eigenvalue weighted by Crippen LogP contribution is 2.27. The Bertz CT molecular complexity index is 494. The predicted octanol–water partition coefficient (Wildman–Crippen LogP) is 1.70. The van der Waals surface area contributed by atoms with Crippen LogP contribution in [-0.4, -0.2) is 11.0 Å². The normalized spacial score (nSPS) is 24.2. The molecule has 16 heavy (non-hydrogen) atoms. The Morgan fingerprint density at radius 1 is 1.50 bits per heavy atom. The third kappa shape index (κ3) is 1.66. The van der Waals surface area contributed by atoms with E-state index in [-0.39, 0.29) is 16.0 Å². The number of rotatable bonds is 1. The molecule has 1 aromatic rings. The molecule has 1 amide bonds. The summed E-state index contributed by atoms with van der Waals surface area (Å²) in [7, 11) is 0. The quantitative estimate of drug-likeness (QED) is 0.754. The van der Waals surface area contributed by atoms with Gasteiger partial charge in [-0.05, 0) is 36.8 Å². The second-order valence-corrected chi connectivity index (χ2v) is 4.48. The second kappa shape index (κ2) is 3.68. The van der Waals surface area contributed by atoms with Crippen LogP contribution < -0.4 is 10.6 Å². The maximum atomic E-state index is 13.0. The molecule has 1 unspecified atom stereocenters. The van der Waals surface area contributed by atoms with Gasteiger partial charge in [-0.3, -0.25) is 4.79 Å². The summed E-state index contributed by atoms with van der Waals surface area (Å²) in [5.74, 6) is -0.796. The Balaban J connectivity index is 2.47. The molecule has 1 aromatic carbocycles. The molecule has 0 bridgehead atoms. The summed E-state index contributed by atoms with van der Waals surface area (Å²) >= 11 is 10.5. The van der Waals surface area contributed by atoms with Gasteiger partial charge in [-0.2, -0.15) is 0 Å². The van der Waals surface area contributed by atoms with Crippen LogP contribution in [0.2, 0.25) is 5.02 Å². The number of nitrogens with one attached hydrogen (secondary N) is 2. The van der Waals surface area contributed by atoms with Crippen molar-refractivity contribution >= 4 is 34.8 Å². The maximum Gasteiger partial charge on any atom is 0.256 e. The van der Waals surface area contributed by atoms with E-state index in [0.717, 1.165) is 0 Å². The molecular weight excluding hydrogens is 251 g/mol. The van der Waals surface area contributed by atoms with E-state index in [9.17, 15) is 9.18 Å². The lowest BCUT2D eigenvalue weighted by atomic mass is 9.92. The SMILES string of the molecule is CC1(c2ccc(F)c(Cl)c2)NC(=S)NC1=O. The molecule has 0 saturated carbocycles. The Labute approximate surface area is 102 Å². The maximum absolute atomic E-state index is 13.0. The van der Waals surface area contributed by atoms with Gasteiger partial charge in [-0.25, -0.2) is 4.39 Å². The van der Waals surface area contributed by atoms with E-state index in [0.29, 0.717) is 5.56 Å². The number of carbonyl (C=O) groups is 1. The van der Waals surface area contributed by atoms with E-state index in [4.69, 9.17) is 23.8 Å². The highest BCUT2D eigenvalue weighted by atomic mass is 35.5. The van der Waals surface area contributed by atoms with Crippen LogP contribution >= 0.6 is 23.8 Å². The topological polar surface area (TPSA) is 41.1 Å². The Morgan fingerprint density at radius 2 is 2.19 bits per heavy atom. The van der Waals surface area contributed by atoms with Crippen molar-refractivity contribution in [3.63, 3.8) is 0 Å². The van der Waals surface area contributed by atoms with Gasteiger partial charge < -0.3 is 10.6 Å². The summed E-state index contributed by atoms with van der Waals surface area (Å²) in [6.07, 6.45) is 0. The molecule has 0 aliphatic carbocycles. The van der Waals surface area contributed by atoms with Gasteiger partial charge in [0, 0.05) is 0 Å². The number of hydrogen-bond acceptors (Lipinski definition) is 2. The van der Waals surface area contributed by atoms with E-state index in [2.05, 4.69) is 10.6 Å². The molecule has 0 aromatic heterocycles. The number of halogens is 2. The fraction of sp³-hybridized carbons (Fsp3) is 0.200. The molecule has 1 saturated heterocycles. The van der Waals surface area contributed by atoms with Crippen molar-refractivity contribution in [3.8, 4) is 0 Å². The average Bonchev–Trinajstić information content (AvgIpc) is 2.46. The number of hydrogen-bond donors (Lipinski definition) is 2. The molecule has 2 N–H and O–H groups in total. The molecule has 3 nitrogen and oxygen atoms in total. The zero-order valence-electron chi connectivity index (χ0n) is 8.30. The summed E-state index contributed by atoms with van der Waals surface area (Å²) in [6.45, 7) is 1.66. The lowest BCUT2D eigenvalue weighted by molar-refractivity contribution is -0.123. The third-order valence-electron chi connectivity index (χ3n) is 2.54. The molecule has 2 rings (SSSR count). The van der Waals surface area contributed by atoms with Crippen molar-refractivity contribution in [2.24, 2.45) is 0 Å². The molecule has 1 aliphatic heterocycles. The smallest absolute Gasteiger partial charge is 0.256 e. The van der Waals surface area contributed by atoms with Gasteiger partial charge in [0.25, 0.3) is 5.91 Å². The molecular formula is C10H8ClFN2OS. The van der Waals surface area contributed by atoms with Crippen molar-refractivity contribution in [1.82, 2.24) is 10.6 Å². The van der Waals surface area contributed by atoms with E-state index in [1.165, 1.54) is 18.2 Å². The van der Waals surface area contributed by atoms with Crippen LogP contribution in [0.3, 0.4) is 0 Å². The van der Waals surface area contributed by atoms with Gasteiger partial charge >= 0.3 is 0 Å².